The van der Waals surface area contributed by atoms with Crippen LogP contribution < -0.4 is 5.32 Å². The molecule has 3 atom stereocenters. The van der Waals surface area contributed by atoms with Crippen molar-refractivity contribution >= 4 is 44.6 Å². The molecule has 1 saturated heterocycles. The van der Waals surface area contributed by atoms with E-state index in [-0.39, 0.29) is 50.8 Å². The maximum absolute atomic E-state index is 13.5. The second kappa shape index (κ2) is 12.5. The molecule has 0 saturated carbocycles. The van der Waals surface area contributed by atoms with Gasteiger partial charge in [-0.1, -0.05) is 13.0 Å². The number of benzene rings is 1. The summed E-state index contributed by atoms with van der Waals surface area (Å²) in [4.78, 5) is 39.5. The fourth-order valence-electron chi connectivity index (χ4n) is 4.00. The Morgan fingerprint density at radius 1 is 1.33 bits per heavy atom. The molecule has 11 heteroatoms. The van der Waals surface area contributed by atoms with Gasteiger partial charge >= 0.3 is 11.8 Å². The highest BCUT2D eigenvalue weighted by atomic mass is 32.1. The predicted octanol–water partition coefficient (Wildman–Crippen LogP) is 2.52. The zero-order valence-electron chi connectivity index (χ0n) is 18.5. The summed E-state index contributed by atoms with van der Waals surface area (Å²) in [6.45, 7) is 4.39. The van der Waals surface area contributed by atoms with Crippen LogP contribution >= 0.6 is 27.0 Å². The Bertz CT molecular complexity index is 1010. The zero-order valence-corrected chi connectivity index (χ0v) is 20.5. The number of nitriles is 1. The van der Waals surface area contributed by atoms with Crippen LogP contribution in [0, 0.1) is 23.1 Å². The monoisotopic (exact) mass is 493 g/mol. The standard InChI is InChI=1S/C22H24FN5O3.2H2S/c1-3-18(19-6-8-25-27-19)26-21(30)22(31)28-9-7-16(13(28)2)20(29)11-14-4-5-17(23)15(10-14)12-24;;/h4-6,10,13,16,18H,3,7-9,11H2,1-2H3,(H,26,30);2*1H2/t13-,16-,18+;;/m0../s1. The first-order valence-electron chi connectivity index (χ1n) is 10.3. The summed E-state index contributed by atoms with van der Waals surface area (Å²) >= 11 is 0. The van der Waals surface area contributed by atoms with Gasteiger partial charge in [-0.2, -0.15) is 42.5 Å². The lowest BCUT2D eigenvalue weighted by Gasteiger charge is -2.25. The van der Waals surface area contributed by atoms with E-state index in [1.807, 2.05) is 6.92 Å². The van der Waals surface area contributed by atoms with E-state index in [0.29, 0.717) is 37.2 Å². The van der Waals surface area contributed by atoms with E-state index in [9.17, 15) is 18.8 Å². The molecule has 2 amide bonds. The number of carbonyl (C=O) groups excluding carboxylic acids is 3. The third-order valence-corrected chi connectivity index (χ3v) is 5.79. The summed E-state index contributed by atoms with van der Waals surface area (Å²) in [6.07, 6.45) is 2.86. The van der Waals surface area contributed by atoms with Crippen LogP contribution in [0.5, 0.6) is 0 Å². The molecule has 2 aliphatic rings. The predicted molar refractivity (Wildman–Crippen MR) is 130 cm³/mol. The molecule has 0 aromatic heterocycles. The Morgan fingerprint density at radius 2 is 2.06 bits per heavy atom. The lowest BCUT2D eigenvalue weighted by molar-refractivity contribution is -0.147. The van der Waals surface area contributed by atoms with Crippen LogP contribution in [0.2, 0.25) is 0 Å². The van der Waals surface area contributed by atoms with E-state index >= 15 is 0 Å². The molecule has 1 N–H and O–H groups in total. The quantitative estimate of drug-likeness (QED) is 0.613. The maximum atomic E-state index is 13.5. The number of nitrogens with one attached hydrogen (secondary N) is 1. The topological polar surface area (TPSA) is 115 Å². The molecule has 0 bridgehead atoms. The number of likely N-dealkylation sites (tertiary alicyclic amines) is 1. The van der Waals surface area contributed by atoms with E-state index in [4.69, 9.17) is 5.26 Å². The first-order chi connectivity index (χ1) is 14.8. The second-order valence-electron chi connectivity index (χ2n) is 7.69. The van der Waals surface area contributed by atoms with Crippen molar-refractivity contribution in [3.63, 3.8) is 0 Å². The summed E-state index contributed by atoms with van der Waals surface area (Å²) in [7, 11) is 0. The van der Waals surface area contributed by atoms with Crippen molar-refractivity contribution in [2.45, 2.75) is 45.2 Å². The van der Waals surface area contributed by atoms with Crippen LogP contribution in [0.25, 0.3) is 0 Å². The molecule has 0 unspecified atom stereocenters. The first kappa shape index (κ1) is 28.3. The van der Waals surface area contributed by atoms with Gasteiger partial charge in [-0.05, 0) is 43.5 Å². The molecule has 0 aliphatic carbocycles. The van der Waals surface area contributed by atoms with Crippen LogP contribution in [-0.2, 0) is 20.8 Å². The number of ketones is 1. The minimum Gasteiger partial charge on any atom is -0.339 e. The summed E-state index contributed by atoms with van der Waals surface area (Å²) in [5, 5.41) is 19.5. The van der Waals surface area contributed by atoms with Gasteiger partial charge in [0.2, 0.25) is 0 Å². The maximum Gasteiger partial charge on any atom is 0.312 e. The van der Waals surface area contributed by atoms with Gasteiger partial charge < -0.3 is 10.2 Å². The van der Waals surface area contributed by atoms with Crippen LogP contribution in [0.15, 0.2) is 40.2 Å². The second-order valence-corrected chi connectivity index (χ2v) is 7.69. The Morgan fingerprint density at radius 3 is 2.67 bits per heavy atom. The van der Waals surface area contributed by atoms with Gasteiger partial charge in [0.1, 0.15) is 17.7 Å². The fraction of sp³-hybridized carbons (Fsp3) is 0.455. The van der Waals surface area contributed by atoms with Gasteiger partial charge in [0.05, 0.1) is 23.8 Å². The van der Waals surface area contributed by atoms with Crippen molar-refractivity contribution in [1.29, 1.82) is 5.26 Å². The Labute approximate surface area is 206 Å². The number of hydrogen-bond donors (Lipinski definition) is 1. The lowest BCUT2D eigenvalue weighted by atomic mass is 9.92. The Hall–Kier alpha value is -2.71. The average molecular weight is 494 g/mol. The smallest absolute Gasteiger partial charge is 0.312 e. The minimum absolute atomic E-state index is 0. The van der Waals surface area contributed by atoms with Gasteiger partial charge in [-0.15, -0.1) is 0 Å². The third-order valence-electron chi connectivity index (χ3n) is 5.79. The van der Waals surface area contributed by atoms with Crippen molar-refractivity contribution in [2.24, 2.45) is 16.1 Å². The average Bonchev–Trinajstić information content (AvgIpc) is 3.42. The lowest BCUT2D eigenvalue weighted by Crippen LogP contribution is -2.48. The zero-order chi connectivity index (χ0) is 22.5. The van der Waals surface area contributed by atoms with E-state index < -0.39 is 29.6 Å². The molecule has 2 aliphatic heterocycles. The van der Waals surface area contributed by atoms with E-state index in [1.54, 1.807) is 19.1 Å². The van der Waals surface area contributed by atoms with Crippen LogP contribution in [0.4, 0.5) is 4.39 Å². The van der Waals surface area contributed by atoms with E-state index in [1.165, 1.54) is 23.1 Å². The Balaban J connectivity index is 0.00000272. The van der Waals surface area contributed by atoms with Gasteiger partial charge in [0, 0.05) is 24.9 Å². The fourth-order valence-corrected chi connectivity index (χ4v) is 4.00. The summed E-state index contributed by atoms with van der Waals surface area (Å²) in [6, 6.07) is 4.95. The summed E-state index contributed by atoms with van der Waals surface area (Å²) in [5.41, 5.74) is 1.07. The van der Waals surface area contributed by atoms with Gasteiger partial charge in [0.15, 0.2) is 0 Å². The number of amides is 2. The molecule has 2 heterocycles. The minimum atomic E-state index is -0.730. The number of rotatable bonds is 6. The van der Waals surface area contributed by atoms with Crippen molar-refractivity contribution in [1.82, 2.24) is 10.2 Å². The number of Topliss-reactive ketones (excluding diaryl/α,β-unsaturated/α-hetero) is 1. The first-order valence-corrected chi connectivity index (χ1v) is 10.3. The number of azo groups is 1. The molecular weight excluding hydrogens is 465 g/mol. The molecule has 0 spiro atoms. The highest BCUT2D eigenvalue weighted by molar-refractivity contribution is 7.59. The Kier molecular flexibility index (Phi) is 10.7. The summed E-state index contributed by atoms with van der Waals surface area (Å²) < 4.78 is 13.5. The number of halogens is 1. The molecule has 0 radical (unpaired) electrons. The summed E-state index contributed by atoms with van der Waals surface area (Å²) in [5.74, 6) is -2.57. The van der Waals surface area contributed by atoms with Gasteiger partial charge in [-0.3, -0.25) is 14.4 Å². The number of nitrogens with zero attached hydrogens (tertiary/aromatic N) is 4. The highest BCUT2D eigenvalue weighted by Gasteiger charge is 2.40. The molecule has 3 rings (SSSR count). The normalized spacial score (nSPS) is 19.6. The van der Waals surface area contributed by atoms with Crippen molar-refractivity contribution < 1.29 is 18.8 Å². The van der Waals surface area contributed by atoms with Crippen LogP contribution in [0.1, 0.15) is 37.8 Å². The van der Waals surface area contributed by atoms with Crippen LogP contribution in [0.3, 0.4) is 0 Å². The van der Waals surface area contributed by atoms with Gasteiger partial charge in [-0.25, -0.2) is 4.39 Å². The molecule has 1 aromatic carbocycles. The third kappa shape index (κ3) is 6.42. The molecular formula is C22H28FN5O3S2. The molecule has 178 valence electrons. The SMILES string of the molecule is CC[C@@H](NC(=O)C(=O)N1CC[C@H](C(=O)Cc2ccc(F)c(C#N)c2)[C@@H]1C)C1=CCN=N1.S.S. The molecule has 1 aromatic rings. The number of carbonyl (C=O) groups is 3. The van der Waals surface area contributed by atoms with Crippen LogP contribution in [-0.4, -0.2) is 47.7 Å². The van der Waals surface area contributed by atoms with E-state index in [0.717, 1.165) is 0 Å². The molecule has 8 nitrogen and oxygen atoms in total. The van der Waals surface area contributed by atoms with E-state index in [2.05, 4.69) is 15.5 Å². The van der Waals surface area contributed by atoms with Crippen molar-refractivity contribution in [2.75, 3.05) is 13.1 Å². The van der Waals surface area contributed by atoms with Crippen molar-refractivity contribution in [3.05, 3.63) is 46.9 Å². The largest absolute Gasteiger partial charge is 0.339 e. The molecule has 33 heavy (non-hydrogen) atoms. The highest BCUT2D eigenvalue weighted by Crippen LogP contribution is 2.27. The van der Waals surface area contributed by atoms with Crippen molar-refractivity contribution in [3.8, 4) is 6.07 Å². The van der Waals surface area contributed by atoms with Gasteiger partial charge in [0.25, 0.3) is 0 Å². The molecule has 1 fully saturated rings. The number of hydrogen-bond acceptors (Lipinski definition) is 6.